The van der Waals surface area contributed by atoms with Crippen LogP contribution in [0.3, 0.4) is 0 Å². The zero-order valence-corrected chi connectivity index (χ0v) is 11.6. The first-order chi connectivity index (χ1) is 10.2. The number of halogens is 4. The highest BCUT2D eigenvalue weighted by atomic mass is 19.4. The Labute approximate surface area is 127 Å². The van der Waals surface area contributed by atoms with Crippen LogP contribution in [0.5, 0.6) is 0 Å². The molecule has 3 fully saturated rings. The van der Waals surface area contributed by atoms with E-state index in [2.05, 4.69) is 15.6 Å². The average molecular weight is 321 g/mol. The summed E-state index contributed by atoms with van der Waals surface area (Å²) in [4.78, 5) is 15.4. The topological polar surface area (TPSA) is 54.0 Å². The summed E-state index contributed by atoms with van der Waals surface area (Å²) in [5.41, 5.74) is -1.07. The molecule has 0 saturated heterocycles. The molecular formula is C14H19F4N3O. The molecule has 0 spiro atoms. The van der Waals surface area contributed by atoms with Crippen molar-refractivity contribution >= 4 is 6.03 Å². The molecule has 8 heteroatoms. The number of carbonyl (C=O) groups is 1. The van der Waals surface area contributed by atoms with Crippen LogP contribution >= 0.6 is 0 Å². The lowest BCUT2D eigenvalue weighted by Crippen LogP contribution is -2.77. The Morgan fingerprint density at radius 3 is 2.64 bits per heavy atom. The van der Waals surface area contributed by atoms with Crippen LogP contribution in [0.2, 0.25) is 0 Å². The third kappa shape index (κ3) is 3.15. The minimum atomic E-state index is -4.32. The Hall–Kier alpha value is -1.86. The number of nitrogens with one attached hydrogen (secondary N) is 2. The summed E-state index contributed by atoms with van der Waals surface area (Å²) in [5, 5.41) is 5.29. The maximum atomic E-state index is 13.3. The van der Waals surface area contributed by atoms with E-state index in [-0.39, 0.29) is 15.1 Å². The van der Waals surface area contributed by atoms with Gasteiger partial charge in [0.05, 0.1) is 12.0 Å². The van der Waals surface area contributed by atoms with Crippen molar-refractivity contribution in [2.24, 2.45) is 0 Å². The molecule has 2 N–H and O–H groups in total. The van der Waals surface area contributed by atoms with Crippen molar-refractivity contribution in [3.8, 4) is 0 Å². The number of urea groups is 1. The number of nitrogens with zero attached hydrogens (tertiary/aromatic N) is 1. The lowest BCUT2D eigenvalue weighted by Gasteiger charge is -2.65. The second-order valence-corrected chi connectivity index (χ2v) is 6.22. The quantitative estimate of drug-likeness (QED) is 0.837. The zero-order valence-electron chi connectivity index (χ0n) is 11.6. The van der Waals surface area contributed by atoms with Crippen molar-refractivity contribution in [2.75, 3.05) is 0 Å². The molecule has 0 radical (unpaired) electrons. The third-order valence-electron chi connectivity index (χ3n) is 4.06. The van der Waals surface area contributed by atoms with Gasteiger partial charge in [0.2, 0.25) is 0 Å². The van der Waals surface area contributed by atoms with E-state index in [1.807, 2.05) is 0 Å². The molecule has 1 heterocycles. The van der Waals surface area contributed by atoms with Gasteiger partial charge < -0.3 is 10.6 Å². The van der Waals surface area contributed by atoms with Crippen LogP contribution in [0.4, 0.5) is 22.4 Å². The van der Waals surface area contributed by atoms with Gasteiger partial charge >= 0.3 is 12.2 Å². The first-order valence-corrected chi connectivity index (χ1v) is 6.93. The van der Waals surface area contributed by atoms with Gasteiger partial charge in [0.1, 0.15) is 5.67 Å². The molecule has 22 heavy (non-hydrogen) atoms. The second-order valence-electron chi connectivity index (χ2n) is 6.22. The maximum Gasteiger partial charge on any atom is 0.394 e. The smallest absolute Gasteiger partial charge is 0.334 e. The summed E-state index contributed by atoms with van der Waals surface area (Å²) in [6.07, 6.45) is -3.10. The SMILES string of the molecule is O=C(NCc1ccnc(CC(F)(F)F)c1)NC12CC(F)(C1)C2.[HH].[HH]. The normalized spacial score (nSPS) is 29.3. The van der Waals surface area contributed by atoms with Crippen LogP contribution in [0.15, 0.2) is 18.3 Å². The molecule has 1 aromatic rings. The van der Waals surface area contributed by atoms with Gasteiger partial charge in [-0.3, -0.25) is 4.98 Å². The molecule has 1 aromatic heterocycles. The summed E-state index contributed by atoms with van der Waals surface area (Å²) in [6, 6.07) is 2.42. The fourth-order valence-electron chi connectivity index (χ4n) is 3.20. The van der Waals surface area contributed by atoms with Crippen LogP contribution in [0, 0.1) is 0 Å². The molecule has 3 saturated carbocycles. The number of aromatic nitrogens is 1. The Morgan fingerprint density at radius 2 is 2.05 bits per heavy atom. The fourth-order valence-corrected chi connectivity index (χ4v) is 3.20. The third-order valence-corrected chi connectivity index (χ3v) is 4.06. The van der Waals surface area contributed by atoms with Crippen molar-refractivity contribution in [3.63, 3.8) is 0 Å². The standard InChI is InChI=1S/C14H15F4N3O.2H2/c15-12-6-13(7-12,8-12)21-11(22)20-5-9-1-2-19-10(3-9)4-14(16,17)18;;/h1-3H,4-8H2,(H2,20,21,22);2*1H. The van der Waals surface area contributed by atoms with Gasteiger partial charge in [-0.1, -0.05) is 0 Å². The van der Waals surface area contributed by atoms with E-state index in [4.69, 9.17) is 0 Å². The Balaban J connectivity index is 0.00000144. The van der Waals surface area contributed by atoms with Gasteiger partial charge in [0.15, 0.2) is 0 Å². The highest BCUT2D eigenvalue weighted by molar-refractivity contribution is 5.75. The summed E-state index contributed by atoms with van der Waals surface area (Å²) in [5.74, 6) is 0. The Kier molecular flexibility index (Phi) is 3.30. The van der Waals surface area contributed by atoms with Crippen LogP contribution in [0.25, 0.3) is 0 Å². The van der Waals surface area contributed by atoms with E-state index < -0.39 is 29.8 Å². The molecule has 3 aliphatic carbocycles. The molecule has 2 amide bonds. The van der Waals surface area contributed by atoms with Crippen LogP contribution in [-0.4, -0.2) is 28.4 Å². The van der Waals surface area contributed by atoms with Gasteiger partial charge in [-0.05, 0) is 17.7 Å². The summed E-state index contributed by atoms with van der Waals surface area (Å²) < 4.78 is 50.2. The van der Waals surface area contributed by atoms with Crippen LogP contribution in [0.1, 0.15) is 33.4 Å². The van der Waals surface area contributed by atoms with Crippen molar-refractivity contribution in [1.82, 2.24) is 15.6 Å². The number of rotatable bonds is 4. The van der Waals surface area contributed by atoms with Gasteiger partial charge in [-0.25, -0.2) is 9.18 Å². The van der Waals surface area contributed by atoms with Crippen LogP contribution < -0.4 is 10.6 Å². The summed E-state index contributed by atoms with van der Waals surface area (Å²) in [6.45, 7) is 0.0933. The Bertz CT molecular complexity index is 592. The van der Waals surface area contributed by atoms with E-state index in [1.54, 1.807) is 0 Å². The lowest BCUT2D eigenvalue weighted by molar-refractivity contribution is -0.162. The number of amides is 2. The maximum absolute atomic E-state index is 13.3. The fraction of sp³-hybridized carbons (Fsp3) is 0.571. The first-order valence-electron chi connectivity index (χ1n) is 6.93. The van der Waals surface area contributed by atoms with Crippen molar-refractivity contribution in [2.45, 2.75) is 49.6 Å². The number of alkyl halides is 4. The molecule has 0 aromatic carbocycles. The molecule has 0 aliphatic heterocycles. The number of pyridine rings is 1. The largest absolute Gasteiger partial charge is 0.394 e. The highest BCUT2D eigenvalue weighted by Crippen LogP contribution is 2.62. The second kappa shape index (κ2) is 4.82. The number of carbonyl (C=O) groups excluding carboxylic acids is 1. The molecule has 0 atom stereocenters. The molecule has 4 rings (SSSR count). The van der Waals surface area contributed by atoms with Gasteiger partial charge in [-0.15, -0.1) is 0 Å². The average Bonchev–Trinajstić information content (AvgIpc) is 2.31. The predicted molar refractivity (Wildman–Crippen MR) is 74.0 cm³/mol. The number of hydrogen-bond acceptors (Lipinski definition) is 2. The van der Waals surface area contributed by atoms with E-state index in [1.165, 1.54) is 18.3 Å². The van der Waals surface area contributed by atoms with E-state index in [0.717, 1.165) is 0 Å². The van der Waals surface area contributed by atoms with Gasteiger partial charge in [-0.2, -0.15) is 13.2 Å². The first kappa shape index (κ1) is 15.1. The van der Waals surface area contributed by atoms with Crippen molar-refractivity contribution in [3.05, 3.63) is 29.6 Å². The minimum absolute atomic E-state index is 0. The highest BCUT2D eigenvalue weighted by Gasteiger charge is 2.69. The minimum Gasteiger partial charge on any atom is -0.334 e. The predicted octanol–water partition coefficient (Wildman–Crippen LogP) is 3.12. The summed E-state index contributed by atoms with van der Waals surface area (Å²) >= 11 is 0. The van der Waals surface area contributed by atoms with E-state index >= 15 is 0 Å². The van der Waals surface area contributed by atoms with Crippen LogP contribution in [-0.2, 0) is 13.0 Å². The van der Waals surface area contributed by atoms with Gasteiger partial charge in [0, 0.05) is 40.6 Å². The molecule has 2 bridgehead atoms. The van der Waals surface area contributed by atoms with Gasteiger partial charge in [0.25, 0.3) is 0 Å². The lowest BCUT2D eigenvalue weighted by atomic mass is 9.47. The molecule has 3 aliphatic rings. The van der Waals surface area contributed by atoms with Crippen molar-refractivity contribution in [1.29, 1.82) is 0 Å². The van der Waals surface area contributed by atoms with Crippen molar-refractivity contribution < 1.29 is 25.2 Å². The van der Waals surface area contributed by atoms with E-state index in [0.29, 0.717) is 24.8 Å². The molecule has 124 valence electrons. The molecule has 0 unspecified atom stereocenters. The zero-order chi connectivity index (χ0) is 16.0. The molecular weight excluding hydrogens is 302 g/mol. The summed E-state index contributed by atoms with van der Waals surface area (Å²) in [7, 11) is 0. The van der Waals surface area contributed by atoms with E-state index in [9.17, 15) is 22.4 Å². The molecule has 4 nitrogen and oxygen atoms in total. The number of hydrogen-bond donors (Lipinski definition) is 2. The monoisotopic (exact) mass is 321 g/mol. The Morgan fingerprint density at radius 1 is 1.36 bits per heavy atom.